The number of benzene rings is 1. The molecule has 124 valence electrons. The number of hydrogen-bond donors (Lipinski definition) is 1. The maximum Gasteiger partial charge on any atom is 0.407 e. The van der Waals surface area contributed by atoms with Crippen LogP contribution in [0.2, 0.25) is 0 Å². The van der Waals surface area contributed by atoms with Gasteiger partial charge in [0.2, 0.25) is 0 Å². The molecule has 0 radical (unpaired) electrons. The first-order valence-electron chi connectivity index (χ1n) is 8.13. The second kappa shape index (κ2) is 5.55. The molecule has 3 rings (SSSR count). The summed E-state index contributed by atoms with van der Waals surface area (Å²) in [5.74, 6) is 0. The highest BCUT2D eigenvalue weighted by Crippen LogP contribution is 2.36. The molecule has 0 atom stereocenters. The van der Waals surface area contributed by atoms with Crippen LogP contribution in [0.4, 0.5) is 4.79 Å². The van der Waals surface area contributed by atoms with Crippen LogP contribution in [0, 0.1) is 0 Å². The van der Waals surface area contributed by atoms with E-state index in [-0.39, 0.29) is 11.0 Å². The number of likely N-dealkylation sites (tertiary alicyclic amines) is 1. The standard InChI is InChI=1S/C18H24N2O3/c1-17(2,3)14-6-4-13(5-7-14)15-12-18(23-19-15)8-10-20(11-9-18)16(21)22/h4-7H,8-12H2,1-3H3,(H,21,22). The van der Waals surface area contributed by atoms with Gasteiger partial charge in [0, 0.05) is 32.4 Å². The highest BCUT2D eigenvalue weighted by Gasteiger charge is 2.43. The van der Waals surface area contributed by atoms with Crippen molar-refractivity contribution in [1.29, 1.82) is 0 Å². The van der Waals surface area contributed by atoms with Crippen LogP contribution in [0.25, 0.3) is 0 Å². The van der Waals surface area contributed by atoms with Gasteiger partial charge in [-0.3, -0.25) is 0 Å². The van der Waals surface area contributed by atoms with Crippen LogP contribution in [-0.4, -0.2) is 40.5 Å². The average molecular weight is 316 g/mol. The van der Waals surface area contributed by atoms with E-state index in [9.17, 15) is 4.79 Å². The van der Waals surface area contributed by atoms with Crippen molar-refractivity contribution in [3.8, 4) is 0 Å². The van der Waals surface area contributed by atoms with Crippen molar-refractivity contribution in [2.45, 2.75) is 51.0 Å². The molecule has 0 aromatic heterocycles. The largest absolute Gasteiger partial charge is 0.465 e. The summed E-state index contributed by atoms with van der Waals surface area (Å²) in [6, 6.07) is 8.51. The second-order valence-electron chi connectivity index (χ2n) is 7.59. The van der Waals surface area contributed by atoms with E-state index in [0.717, 1.165) is 17.7 Å². The third-order valence-corrected chi connectivity index (χ3v) is 4.87. The summed E-state index contributed by atoms with van der Waals surface area (Å²) in [5, 5.41) is 13.3. The van der Waals surface area contributed by atoms with Gasteiger partial charge in [-0.15, -0.1) is 0 Å². The lowest BCUT2D eigenvalue weighted by molar-refractivity contribution is -0.0576. The Kier molecular flexibility index (Phi) is 3.82. The molecule has 1 N–H and O–H groups in total. The molecule has 1 saturated heterocycles. The first kappa shape index (κ1) is 15.8. The highest BCUT2D eigenvalue weighted by atomic mass is 16.7. The SMILES string of the molecule is CC(C)(C)c1ccc(C2=NOC3(CCN(C(=O)O)CC3)C2)cc1. The molecule has 1 aromatic rings. The van der Waals surface area contributed by atoms with E-state index in [0.29, 0.717) is 25.9 Å². The van der Waals surface area contributed by atoms with Crippen LogP contribution in [0.1, 0.15) is 51.2 Å². The van der Waals surface area contributed by atoms with E-state index in [2.05, 4.69) is 50.2 Å². The zero-order valence-electron chi connectivity index (χ0n) is 14.0. The molecule has 2 aliphatic rings. The maximum absolute atomic E-state index is 11.0. The van der Waals surface area contributed by atoms with Crippen LogP contribution >= 0.6 is 0 Å². The fourth-order valence-corrected chi connectivity index (χ4v) is 3.21. The molecule has 0 unspecified atom stereocenters. The predicted octanol–water partition coefficient (Wildman–Crippen LogP) is 3.62. The summed E-state index contributed by atoms with van der Waals surface area (Å²) in [6.07, 6.45) is 1.31. The minimum Gasteiger partial charge on any atom is -0.465 e. The van der Waals surface area contributed by atoms with Gasteiger partial charge >= 0.3 is 6.09 Å². The van der Waals surface area contributed by atoms with Gasteiger partial charge in [0.1, 0.15) is 5.60 Å². The summed E-state index contributed by atoms with van der Waals surface area (Å²) in [6.45, 7) is 7.62. The highest BCUT2D eigenvalue weighted by molar-refractivity contribution is 6.01. The number of rotatable bonds is 1. The van der Waals surface area contributed by atoms with E-state index in [1.165, 1.54) is 10.5 Å². The molecule has 1 fully saturated rings. The Morgan fingerprint density at radius 1 is 1.22 bits per heavy atom. The van der Waals surface area contributed by atoms with Crippen molar-refractivity contribution in [1.82, 2.24) is 4.90 Å². The summed E-state index contributed by atoms with van der Waals surface area (Å²) in [5.41, 5.74) is 3.18. The Morgan fingerprint density at radius 2 is 1.83 bits per heavy atom. The summed E-state index contributed by atoms with van der Waals surface area (Å²) >= 11 is 0. The smallest absolute Gasteiger partial charge is 0.407 e. The fraction of sp³-hybridized carbons (Fsp3) is 0.556. The normalized spacial score (nSPS) is 20.3. The van der Waals surface area contributed by atoms with E-state index < -0.39 is 6.09 Å². The van der Waals surface area contributed by atoms with Crippen molar-refractivity contribution < 1.29 is 14.7 Å². The number of nitrogens with zero attached hydrogens (tertiary/aromatic N) is 2. The molecule has 2 heterocycles. The third kappa shape index (κ3) is 3.19. The number of piperidine rings is 1. The average Bonchev–Trinajstić information content (AvgIpc) is 2.91. The quantitative estimate of drug-likeness (QED) is 0.860. The van der Waals surface area contributed by atoms with Crippen LogP contribution in [0.15, 0.2) is 29.4 Å². The van der Waals surface area contributed by atoms with Crippen molar-refractivity contribution in [3.63, 3.8) is 0 Å². The van der Waals surface area contributed by atoms with Gasteiger partial charge in [-0.05, 0) is 16.5 Å². The Balaban J connectivity index is 1.67. The van der Waals surface area contributed by atoms with Crippen molar-refractivity contribution in [2.24, 2.45) is 5.16 Å². The van der Waals surface area contributed by atoms with Crippen LogP contribution < -0.4 is 0 Å². The zero-order valence-corrected chi connectivity index (χ0v) is 14.0. The van der Waals surface area contributed by atoms with Crippen LogP contribution in [0.5, 0.6) is 0 Å². The van der Waals surface area contributed by atoms with Gasteiger partial charge in [-0.2, -0.15) is 0 Å². The van der Waals surface area contributed by atoms with Crippen molar-refractivity contribution >= 4 is 11.8 Å². The van der Waals surface area contributed by atoms with Crippen molar-refractivity contribution in [3.05, 3.63) is 35.4 Å². The number of carboxylic acid groups (broad SMARTS) is 1. The van der Waals surface area contributed by atoms with E-state index in [4.69, 9.17) is 9.94 Å². The van der Waals surface area contributed by atoms with Crippen LogP contribution in [-0.2, 0) is 10.3 Å². The van der Waals surface area contributed by atoms with Gasteiger partial charge in [-0.1, -0.05) is 50.2 Å². The predicted molar refractivity (Wildman–Crippen MR) is 88.9 cm³/mol. The second-order valence-corrected chi connectivity index (χ2v) is 7.59. The molecule has 1 spiro atoms. The molecule has 1 aromatic carbocycles. The molecule has 2 aliphatic heterocycles. The first-order chi connectivity index (χ1) is 10.8. The lowest BCUT2D eigenvalue weighted by Gasteiger charge is -2.35. The lowest BCUT2D eigenvalue weighted by Crippen LogP contribution is -2.46. The molecule has 0 saturated carbocycles. The molecule has 0 aliphatic carbocycles. The maximum atomic E-state index is 11.0. The Hall–Kier alpha value is -2.04. The van der Waals surface area contributed by atoms with Crippen molar-refractivity contribution in [2.75, 3.05) is 13.1 Å². The molecular weight excluding hydrogens is 292 g/mol. The van der Waals surface area contributed by atoms with E-state index in [1.807, 2.05) is 0 Å². The molecule has 5 heteroatoms. The Bertz CT molecular complexity index is 621. The molecule has 5 nitrogen and oxygen atoms in total. The number of oxime groups is 1. The molecule has 1 amide bonds. The van der Waals surface area contributed by atoms with Gasteiger partial charge in [0.05, 0.1) is 5.71 Å². The minimum absolute atomic E-state index is 0.136. The Morgan fingerprint density at radius 3 is 2.35 bits per heavy atom. The van der Waals surface area contributed by atoms with E-state index >= 15 is 0 Å². The summed E-state index contributed by atoms with van der Waals surface area (Å²) in [7, 11) is 0. The van der Waals surface area contributed by atoms with E-state index in [1.54, 1.807) is 0 Å². The molecule has 23 heavy (non-hydrogen) atoms. The topological polar surface area (TPSA) is 62.1 Å². The Labute approximate surface area is 136 Å². The number of hydrogen-bond acceptors (Lipinski definition) is 3. The lowest BCUT2D eigenvalue weighted by atomic mass is 9.84. The van der Waals surface area contributed by atoms with Crippen LogP contribution in [0.3, 0.4) is 0 Å². The zero-order chi connectivity index (χ0) is 16.7. The molecular formula is C18H24N2O3. The van der Waals surface area contributed by atoms with Gasteiger partial charge in [0.25, 0.3) is 0 Å². The molecule has 0 bridgehead atoms. The third-order valence-electron chi connectivity index (χ3n) is 4.87. The number of amides is 1. The summed E-state index contributed by atoms with van der Waals surface area (Å²) < 4.78 is 0. The first-order valence-corrected chi connectivity index (χ1v) is 8.13. The van der Waals surface area contributed by atoms with Gasteiger partial charge in [-0.25, -0.2) is 4.79 Å². The number of carbonyl (C=O) groups is 1. The van der Waals surface area contributed by atoms with Gasteiger partial charge < -0.3 is 14.8 Å². The van der Waals surface area contributed by atoms with Gasteiger partial charge in [0.15, 0.2) is 0 Å². The fourth-order valence-electron chi connectivity index (χ4n) is 3.21. The minimum atomic E-state index is -0.850. The summed E-state index contributed by atoms with van der Waals surface area (Å²) in [4.78, 5) is 18.2. The monoisotopic (exact) mass is 316 g/mol.